The van der Waals surface area contributed by atoms with Crippen LogP contribution in [0.1, 0.15) is 31.4 Å². The summed E-state index contributed by atoms with van der Waals surface area (Å²) in [6.45, 7) is 3.87. The average molecular weight is 264 g/mol. The number of benzene rings is 1. The van der Waals surface area contributed by atoms with Gasteiger partial charge in [0, 0.05) is 51.4 Å². The van der Waals surface area contributed by atoms with Crippen LogP contribution in [0.15, 0.2) is 24.3 Å². The molecule has 0 unspecified atom stereocenters. The number of hydrogen-bond acceptors (Lipinski definition) is 4. The van der Waals surface area contributed by atoms with Crippen LogP contribution < -0.4 is 10.6 Å². The Balaban J connectivity index is 2.13. The van der Waals surface area contributed by atoms with E-state index < -0.39 is 5.60 Å². The first-order valence-electron chi connectivity index (χ1n) is 6.88. The van der Waals surface area contributed by atoms with Crippen molar-refractivity contribution in [1.82, 2.24) is 0 Å². The third-order valence-electron chi connectivity index (χ3n) is 3.79. The second kappa shape index (κ2) is 5.90. The zero-order valence-corrected chi connectivity index (χ0v) is 11.8. The summed E-state index contributed by atoms with van der Waals surface area (Å²) in [5.41, 5.74) is 7.56. The lowest BCUT2D eigenvalue weighted by atomic mass is 9.93. The minimum atomic E-state index is -0.655. The summed E-state index contributed by atoms with van der Waals surface area (Å²) in [7, 11) is 2.01. The van der Waals surface area contributed by atoms with Crippen molar-refractivity contribution < 1.29 is 9.84 Å². The molecule has 1 atom stereocenters. The number of hydrogen-bond donors (Lipinski definition) is 2. The van der Waals surface area contributed by atoms with Crippen molar-refractivity contribution in [3.05, 3.63) is 29.8 Å². The summed E-state index contributed by atoms with van der Waals surface area (Å²) < 4.78 is 5.32. The highest BCUT2D eigenvalue weighted by atomic mass is 16.5. The van der Waals surface area contributed by atoms with Crippen molar-refractivity contribution in [2.24, 2.45) is 5.73 Å². The molecule has 4 nitrogen and oxygen atoms in total. The van der Waals surface area contributed by atoms with Crippen LogP contribution in [-0.4, -0.2) is 37.5 Å². The Kier molecular flexibility index (Phi) is 4.45. The normalized spacial score (nSPS) is 20.0. The van der Waals surface area contributed by atoms with E-state index in [2.05, 4.69) is 11.0 Å². The minimum absolute atomic E-state index is 0.0111. The van der Waals surface area contributed by atoms with E-state index in [9.17, 15) is 5.11 Å². The maximum atomic E-state index is 10.6. The molecule has 1 aliphatic heterocycles. The summed E-state index contributed by atoms with van der Waals surface area (Å²) in [4.78, 5) is 2.10. The Bertz CT molecular complexity index is 414. The molecule has 3 N–H and O–H groups in total. The molecule has 0 aliphatic carbocycles. The van der Waals surface area contributed by atoms with Crippen molar-refractivity contribution >= 4 is 5.69 Å². The Hall–Kier alpha value is -1.10. The van der Waals surface area contributed by atoms with Gasteiger partial charge in [-0.25, -0.2) is 0 Å². The van der Waals surface area contributed by atoms with Crippen LogP contribution in [0.2, 0.25) is 0 Å². The molecule has 1 fully saturated rings. The number of nitrogens with two attached hydrogens (primary N) is 1. The summed E-state index contributed by atoms with van der Waals surface area (Å²) in [6.07, 6.45) is 1.38. The summed E-state index contributed by atoms with van der Waals surface area (Å²) in [6, 6.07) is 8.10. The fourth-order valence-corrected chi connectivity index (χ4v) is 2.66. The van der Waals surface area contributed by atoms with E-state index in [0.717, 1.165) is 11.3 Å². The van der Waals surface area contributed by atoms with Gasteiger partial charge in [0.15, 0.2) is 0 Å². The van der Waals surface area contributed by atoms with Gasteiger partial charge in [-0.1, -0.05) is 18.2 Å². The highest BCUT2D eigenvalue weighted by molar-refractivity contribution is 5.54. The van der Waals surface area contributed by atoms with Gasteiger partial charge in [0.2, 0.25) is 0 Å². The molecule has 0 aromatic heterocycles. The minimum Gasteiger partial charge on any atom is -0.388 e. The quantitative estimate of drug-likeness (QED) is 0.869. The van der Waals surface area contributed by atoms with E-state index in [1.165, 1.54) is 0 Å². The fraction of sp³-hybridized carbons (Fsp3) is 0.600. The number of para-hydroxylation sites is 1. The number of likely N-dealkylation sites (N-methyl/N-ethyl adjacent to an activating group) is 1. The Morgan fingerprint density at radius 2 is 2.00 bits per heavy atom. The maximum Gasteiger partial charge on any atom is 0.0865 e. The Morgan fingerprint density at radius 3 is 2.63 bits per heavy atom. The molecule has 0 spiro atoms. The second-order valence-electron chi connectivity index (χ2n) is 5.54. The largest absolute Gasteiger partial charge is 0.388 e. The molecule has 0 radical (unpaired) electrons. The van der Waals surface area contributed by atoms with E-state index in [-0.39, 0.29) is 6.04 Å². The van der Waals surface area contributed by atoms with Crippen LogP contribution in [0.4, 0.5) is 5.69 Å². The fourth-order valence-electron chi connectivity index (χ4n) is 2.66. The standard InChI is InChI=1S/C15H24N2O2/c1-12(16)13-5-3-4-6-14(13)17(2)11-15(18)7-9-19-10-8-15/h3-6,12,18H,7-11,16H2,1-2H3/t12-/m0/s1. The molecule has 0 bridgehead atoms. The van der Waals surface area contributed by atoms with Gasteiger partial charge in [-0.15, -0.1) is 0 Å². The highest BCUT2D eigenvalue weighted by Crippen LogP contribution is 2.28. The SMILES string of the molecule is C[C@H](N)c1ccccc1N(C)CC1(O)CCOCC1. The zero-order valence-electron chi connectivity index (χ0n) is 11.8. The smallest absolute Gasteiger partial charge is 0.0865 e. The molecule has 106 valence electrons. The van der Waals surface area contributed by atoms with Crippen molar-refractivity contribution in [3.63, 3.8) is 0 Å². The molecule has 1 aromatic carbocycles. The summed E-state index contributed by atoms with van der Waals surface area (Å²) >= 11 is 0. The van der Waals surface area contributed by atoms with Crippen molar-refractivity contribution in [2.45, 2.75) is 31.4 Å². The van der Waals surface area contributed by atoms with Gasteiger partial charge in [-0.05, 0) is 18.6 Å². The van der Waals surface area contributed by atoms with E-state index in [1.54, 1.807) is 0 Å². The van der Waals surface area contributed by atoms with Gasteiger partial charge in [0.25, 0.3) is 0 Å². The van der Waals surface area contributed by atoms with Crippen LogP contribution in [0.5, 0.6) is 0 Å². The third-order valence-corrected chi connectivity index (χ3v) is 3.79. The first kappa shape index (κ1) is 14.3. The maximum absolute atomic E-state index is 10.6. The first-order valence-corrected chi connectivity index (χ1v) is 6.88. The number of ether oxygens (including phenoxy) is 1. The average Bonchev–Trinajstić information content (AvgIpc) is 2.39. The number of nitrogens with zero attached hydrogens (tertiary/aromatic N) is 1. The van der Waals surface area contributed by atoms with Crippen molar-refractivity contribution in [1.29, 1.82) is 0 Å². The van der Waals surface area contributed by atoms with Crippen LogP contribution in [0.25, 0.3) is 0 Å². The predicted octanol–water partition coefficient (Wildman–Crippen LogP) is 1.68. The first-order chi connectivity index (χ1) is 9.02. The lowest BCUT2D eigenvalue weighted by Gasteiger charge is -2.37. The lowest BCUT2D eigenvalue weighted by Crippen LogP contribution is -2.46. The number of anilines is 1. The van der Waals surface area contributed by atoms with E-state index in [0.29, 0.717) is 32.6 Å². The van der Waals surface area contributed by atoms with Crippen LogP contribution in [0, 0.1) is 0 Å². The molecule has 2 rings (SSSR count). The molecule has 19 heavy (non-hydrogen) atoms. The molecule has 1 heterocycles. The lowest BCUT2D eigenvalue weighted by molar-refractivity contribution is -0.0572. The van der Waals surface area contributed by atoms with Crippen LogP contribution in [-0.2, 0) is 4.74 Å². The summed E-state index contributed by atoms with van der Waals surface area (Å²) in [5.74, 6) is 0. The van der Waals surface area contributed by atoms with Crippen molar-refractivity contribution in [2.75, 3.05) is 31.7 Å². The molecule has 4 heteroatoms. The topological polar surface area (TPSA) is 58.7 Å². The van der Waals surface area contributed by atoms with Crippen LogP contribution in [0.3, 0.4) is 0 Å². The van der Waals surface area contributed by atoms with Gasteiger partial charge in [0.05, 0.1) is 5.60 Å². The van der Waals surface area contributed by atoms with Gasteiger partial charge < -0.3 is 20.5 Å². The monoisotopic (exact) mass is 264 g/mol. The molecular weight excluding hydrogens is 240 g/mol. The van der Waals surface area contributed by atoms with Crippen LogP contribution >= 0.6 is 0 Å². The van der Waals surface area contributed by atoms with E-state index in [1.807, 2.05) is 32.2 Å². The molecule has 1 saturated heterocycles. The van der Waals surface area contributed by atoms with Gasteiger partial charge in [-0.2, -0.15) is 0 Å². The Labute approximate surface area is 115 Å². The van der Waals surface area contributed by atoms with E-state index >= 15 is 0 Å². The van der Waals surface area contributed by atoms with Crippen molar-refractivity contribution in [3.8, 4) is 0 Å². The number of aliphatic hydroxyl groups is 1. The van der Waals surface area contributed by atoms with Gasteiger partial charge in [-0.3, -0.25) is 0 Å². The van der Waals surface area contributed by atoms with Gasteiger partial charge >= 0.3 is 0 Å². The molecule has 1 aliphatic rings. The Morgan fingerprint density at radius 1 is 1.37 bits per heavy atom. The highest BCUT2D eigenvalue weighted by Gasteiger charge is 2.31. The zero-order chi connectivity index (χ0) is 13.9. The molecule has 1 aromatic rings. The van der Waals surface area contributed by atoms with Gasteiger partial charge in [0.1, 0.15) is 0 Å². The van der Waals surface area contributed by atoms with E-state index in [4.69, 9.17) is 10.5 Å². The molecule has 0 saturated carbocycles. The third kappa shape index (κ3) is 3.47. The predicted molar refractivity (Wildman–Crippen MR) is 77.3 cm³/mol. The summed E-state index contributed by atoms with van der Waals surface area (Å²) in [5, 5.41) is 10.6. The molecule has 0 amide bonds. The second-order valence-corrected chi connectivity index (χ2v) is 5.54. The number of rotatable bonds is 4. The molecular formula is C15H24N2O2.